The van der Waals surface area contributed by atoms with Crippen LogP contribution >= 0.6 is 0 Å². The van der Waals surface area contributed by atoms with E-state index in [4.69, 9.17) is 9.31 Å². The molecule has 0 saturated carbocycles. The number of nitrogens with one attached hydrogen (secondary N) is 1. The zero-order chi connectivity index (χ0) is 19.9. The summed E-state index contributed by atoms with van der Waals surface area (Å²) in [4.78, 5) is 0. The zero-order valence-electron chi connectivity index (χ0n) is 17.4. The molecule has 1 heterocycles. The van der Waals surface area contributed by atoms with Crippen LogP contribution in [0.25, 0.3) is 27.6 Å². The van der Waals surface area contributed by atoms with Crippen molar-refractivity contribution in [3.8, 4) is 0 Å². The molecule has 4 rings (SSSR count). The number of rotatable bonds is 4. The molecule has 1 saturated heterocycles. The van der Waals surface area contributed by atoms with Crippen LogP contribution in [0.3, 0.4) is 0 Å². The van der Waals surface area contributed by atoms with Crippen LogP contribution in [0.4, 0.5) is 0 Å². The Morgan fingerprint density at radius 1 is 0.893 bits per heavy atom. The number of likely N-dealkylation sites (N-methyl/N-ethyl adjacent to an activating group) is 1. The van der Waals surface area contributed by atoms with Gasteiger partial charge in [-0.3, -0.25) is 0 Å². The average molecular weight is 373 g/mol. The van der Waals surface area contributed by atoms with E-state index < -0.39 is 0 Å². The average Bonchev–Trinajstić information content (AvgIpc) is 2.89. The molecule has 0 amide bonds. The van der Waals surface area contributed by atoms with E-state index in [1.165, 1.54) is 27.1 Å². The zero-order valence-corrected chi connectivity index (χ0v) is 17.4. The fourth-order valence-electron chi connectivity index (χ4n) is 3.80. The quantitative estimate of drug-likeness (QED) is 0.502. The second-order valence-corrected chi connectivity index (χ2v) is 8.57. The SMILES string of the molecule is CNCC(=Cc1cc2ccccc2c2ccccc12)B1OC(C)(C)C(C)(C)O1. The van der Waals surface area contributed by atoms with Crippen molar-refractivity contribution in [2.45, 2.75) is 38.9 Å². The van der Waals surface area contributed by atoms with E-state index in [-0.39, 0.29) is 18.3 Å². The minimum absolute atomic E-state index is 0.351. The summed E-state index contributed by atoms with van der Waals surface area (Å²) in [6.07, 6.45) is 2.23. The van der Waals surface area contributed by atoms with Gasteiger partial charge >= 0.3 is 7.12 Å². The highest BCUT2D eigenvalue weighted by atomic mass is 16.7. The molecule has 1 N–H and O–H groups in total. The Morgan fingerprint density at radius 3 is 2.11 bits per heavy atom. The lowest BCUT2D eigenvalue weighted by Gasteiger charge is -2.32. The van der Waals surface area contributed by atoms with Gasteiger partial charge in [0.05, 0.1) is 11.2 Å². The Kier molecular flexibility index (Phi) is 4.82. The first-order valence-corrected chi connectivity index (χ1v) is 9.93. The molecule has 3 nitrogen and oxygen atoms in total. The number of hydrogen-bond acceptors (Lipinski definition) is 3. The van der Waals surface area contributed by atoms with E-state index >= 15 is 0 Å². The van der Waals surface area contributed by atoms with Gasteiger partial charge in [-0.15, -0.1) is 0 Å². The molecule has 1 aliphatic heterocycles. The van der Waals surface area contributed by atoms with E-state index in [1.807, 2.05) is 7.05 Å². The lowest BCUT2D eigenvalue weighted by atomic mass is 9.76. The van der Waals surface area contributed by atoms with E-state index in [2.05, 4.69) is 93.7 Å². The van der Waals surface area contributed by atoms with Crippen LogP contribution in [-0.2, 0) is 9.31 Å². The van der Waals surface area contributed by atoms with Crippen LogP contribution in [0.15, 0.2) is 60.1 Å². The summed E-state index contributed by atoms with van der Waals surface area (Å²) in [7, 11) is 1.60. The van der Waals surface area contributed by atoms with Crippen molar-refractivity contribution < 1.29 is 9.31 Å². The van der Waals surface area contributed by atoms with Gasteiger partial charge < -0.3 is 14.6 Å². The maximum Gasteiger partial charge on any atom is 0.491 e. The van der Waals surface area contributed by atoms with Gasteiger partial charge in [-0.2, -0.15) is 0 Å². The summed E-state index contributed by atoms with van der Waals surface area (Å²) in [5.74, 6) is 0. The van der Waals surface area contributed by atoms with Crippen molar-refractivity contribution in [2.75, 3.05) is 13.6 Å². The molecule has 0 radical (unpaired) electrons. The highest BCUT2D eigenvalue weighted by Gasteiger charge is 2.52. The maximum absolute atomic E-state index is 6.32. The lowest BCUT2D eigenvalue weighted by molar-refractivity contribution is 0.00578. The van der Waals surface area contributed by atoms with Crippen LogP contribution in [0, 0.1) is 0 Å². The molecule has 1 aliphatic rings. The monoisotopic (exact) mass is 373 g/mol. The smallest absolute Gasteiger partial charge is 0.400 e. The van der Waals surface area contributed by atoms with E-state index in [0.717, 1.165) is 5.47 Å². The molecule has 1 fully saturated rings. The second-order valence-electron chi connectivity index (χ2n) is 8.57. The summed E-state index contributed by atoms with van der Waals surface area (Å²) in [5.41, 5.74) is 1.59. The Labute approximate surface area is 167 Å². The van der Waals surface area contributed by atoms with Gasteiger partial charge in [0.1, 0.15) is 0 Å². The Morgan fingerprint density at radius 2 is 1.46 bits per heavy atom. The third kappa shape index (κ3) is 3.26. The van der Waals surface area contributed by atoms with Crippen molar-refractivity contribution >= 4 is 34.7 Å². The molecule has 144 valence electrons. The predicted octanol–water partition coefficient (Wildman–Crippen LogP) is 5.23. The van der Waals surface area contributed by atoms with Crippen LogP contribution in [0.5, 0.6) is 0 Å². The van der Waals surface area contributed by atoms with Crippen molar-refractivity contribution in [1.29, 1.82) is 0 Å². The molecule has 28 heavy (non-hydrogen) atoms. The third-order valence-corrected chi connectivity index (χ3v) is 6.08. The number of benzene rings is 3. The molecule has 0 bridgehead atoms. The third-order valence-electron chi connectivity index (χ3n) is 6.08. The molecular formula is C24H28BNO2. The van der Waals surface area contributed by atoms with Crippen molar-refractivity contribution in [3.05, 3.63) is 65.6 Å². The van der Waals surface area contributed by atoms with Crippen molar-refractivity contribution in [2.24, 2.45) is 0 Å². The largest absolute Gasteiger partial charge is 0.491 e. The van der Waals surface area contributed by atoms with Gasteiger partial charge in [0, 0.05) is 6.54 Å². The molecule has 0 unspecified atom stereocenters. The first kappa shape index (κ1) is 19.2. The topological polar surface area (TPSA) is 30.5 Å². The minimum atomic E-state index is -0.359. The predicted molar refractivity (Wildman–Crippen MR) is 119 cm³/mol. The highest BCUT2D eigenvalue weighted by molar-refractivity contribution is 6.56. The van der Waals surface area contributed by atoms with Crippen molar-refractivity contribution in [1.82, 2.24) is 5.32 Å². The molecular weight excluding hydrogens is 345 g/mol. The van der Waals surface area contributed by atoms with Gasteiger partial charge in [0.2, 0.25) is 0 Å². The van der Waals surface area contributed by atoms with Gasteiger partial charge in [0.15, 0.2) is 0 Å². The highest BCUT2D eigenvalue weighted by Crippen LogP contribution is 2.39. The molecule has 0 aliphatic carbocycles. The summed E-state index contributed by atoms with van der Waals surface area (Å²) >= 11 is 0. The van der Waals surface area contributed by atoms with Gasteiger partial charge in [0.25, 0.3) is 0 Å². The van der Waals surface area contributed by atoms with Gasteiger partial charge in [-0.25, -0.2) is 0 Å². The Bertz CT molecular complexity index is 1040. The van der Waals surface area contributed by atoms with Crippen LogP contribution in [0.1, 0.15) is 33.3 Å². The summed E-state index contributed by atoms with van der Waals surface area (Å²) in [6, 6.07) is 19.4. The van der Waals surface area contributed by atoms with E-state index in [1.54, 1.807) is 0 Å². The number of fused-ring (bicyclic) bond motifs is 3. The summed E-state index contributed by atoms with van der Waals surface area (Å²) < 4.78 is 12.6. The van der Waals surface area contributed by atoms with Crippen molar-refractivity contribution in [3.63, 3.8) is 0 Å². The molecule has 4 heteroatoms. The van der Waals surface area contributed by atoms with Crippen LogP contribution < -0.4 is 5.32 Å². The molecule has 3 aromatic rings. The fourth-order valence-corrected chi connectivity index (χ4v) is 3.80. The van der Waals surface area contributed by atoms with Crippen LogP contribution in [0.2, 0.25) is 0 Å². The van der Waals surface area contributed by atoms with E-state index in [9.17, 15) is 0 Å². The Hall–Kier alpha value is -2.14. The normalized spacial score (nSPS) is 18.9. The summed E-state index contributed by atoms with van der Waals surface area (Å²) in [5, 5.41) is 8.31. The van der Waals surface area contributed by atoms with Crippen LogP contribution in [-0.4, -0.2) is 31.9 Å². The lowest BCUT2D eigenvalue weighted by Crippen LogP contribution is -2.41. The molecule has 0 aromatic heterocycles. The summed E-state index contributed by atoms with van der Waals surface area (Å²) in [6.45, 7) is 9.08. The molecule has 3 aromatic carbocycles. The maximum atomic E-state index is 6.32. The Balaban J connectivity index is 1.86. The minimum Gasteiger partial charge on any atom is -0.400 e. The van der Waals surface area contributed by atoms with E-state index in [0.29, 0.717) is 6.54 Å². The first-order chi connectivity index (χ1) is 13.3. The standard InChI is InChI=1S/C24H28BNO2/c1-23(2)24(3,4)28-25(27-23)19(16-26-5)15-18-14-17-10-6-7-11-20(17)22-13-9-8-12-21(18)22/h6-15,26H,16H2,1-5H3. The first-order valence-electron chi connectivity index (χ1n) is 9.93. The molecule has 0 atom stereocenters. The number of hydrogen-bond donors (Lipinski definition) is 1. The van der Waals surface area contributed by atoms with Gasteiger partial charge in [-0.1, -0.05) is 54.6 Å². The fraction of sp³-hybridized carbons (Fsp3) is 0.333. The second kappa shape index (κ2) is 7.04. The van der Waals surface area contributed by atoms with Gasteiger partial charge in [-0.05, 0) is 73.4 Å². The molecule has 0 spiro atoms.